The summed E-state index contributed by atoms with van der Waals surface area (Å²) in [6.45, 7) is 0. The van der Waals surface area contributed by atoms with Gasteiger partial charge >= 0.3 is 0 Å². The van der Waals surface area contributed by atoms with Crippen LogP contribution in [0.2, 0.25) is 0 Å². The third kappa shape index (κ3) is 3.73. The van der Waals surface area contributed by atoms with Crippen molar-refractivity contribution < 1.29 is 13.6 Å². The molecule has 0 aromatic carbocycles. The third-order valence-corrected chi connectivity index (χ3v) is 5.12. The first-order chi connectivity index (χ1) is 9.94. The summed E-state index contributed by atoms with van der Waals surface area (Å²) in [5.41, 5.74) is 5.69. The minimum absolute atomic E-state index is 0.0353. The zero-order valence-electron chi connectivity index (χ0n) is 11.9. The molecule has 0 saturated heterocycles. The van der Waals surface area contributed by atoms with Crippen molar-refractivity contribution >= 4 is 15.9 Å². The van der Waals surface area contributed by atoms with Gasteiger partial charge in [-0.15, -0.1) is 0 Å². The van der Waals surface area contributed by atoms with Gasteiger partial charge < -0.3 is 15.5 Å². The molecule has 1 aromatic heterocycles. The Bertz CT molecular complexity index is 604. The number of aromatic nitrogens is 2. The Balaban J connectivity index is 2.22. The molecule has 0 bridgehead atoms. The Hall–Kier alpha value is -1.61. The highest BCUT2D eigenvalue weighted by atomic mass is 32.2. The molecule has 8 nitrogen and oxygen atoms in total. The highest BCUT2D eigenvalue weighted by Gasteiger charge is 2.32. The van der Waals surface area contributed by atoms with E-state index >= 15 is 0 Å². The van der Waals surface area contributed by atoms with Crippen LogP contribution in [0.1, 0.15) is 32.1 Å². The second kappa shape index (κ2) is 6.44. The van der Waals surface area contributed by atoms with E-state index < -0.39 is 16.1 Å². The quantitative estimate of drug-likeness (QED) is 0.314. The molecule has 1 atom stereocenters. The Labute approximate surface area is 124 Å². The van der Waals surface area contributed by atoms with E-state index in [0.29, 0.717) is 0 Å². The minimum Gasteiger partial charge on any atom is -0.409 e. The lowest BCUT2D eigenvalue weighted by molar-refractivity contribution is 0.297. The van der Waals surface area contributed by atoms with E-state index in [1.165, 1.54) is 12.5 Å². The number of hydrogen-bond donors (Lipinski definition) is 3. The average molecular weight is 315 g/mol. The lowest BCUT2D eigenvalue weighted by Crippen LogP contribution is -2.49. The molecule has 1 heterocycles. The lowest BCUT2D eigenvalue weighted by Gasteiger charge is -2.29. The normalized spacial score (nSPS) is 19.6. The average Bonchev–Trinajstić information content (AvgIpc) is 2.92. The summed E-state index contributed by atoms with van der Waals surface area (Å²) < 4.78 is 28.8. The van der Waals surface area contributed by atoms with E-state index in [2.05, 4.69) is 14.9 Å². The number of imidazole rings is 1. The third-order valence-electron chi connectivity index (χ3n) is 3.79. The van der Waals surface area contributed by atoms with Gasteiger partial charge in [0.1, 0.15) is 0 Å². The van der Waals surface area contributed by atoms with Crippen LogP contribution in [0.25, 0.3) is 0 Å². The van der Waals surface area contributed by atoms with Crippen LogP contribution in [-0.2, 0) is 17.1 Å². The summed E-state index contributed by atoms with van der Waals surface area (Å²) in [7, 11) is -2.11. The van der Waals surface area contributed by atoms with E-state index in [-0.39, 0.29) is 16.8 Å². The van der Waals surface area contributed by atoms with Crippen molar-refractivity contribution in [2.75, 3.05) is 0 Å². The van der Waals surface area contributed by atoms with Crippen LogP contribution in [0.15, 0.2) is 22.7 Å². The molecule has 2 rings (SSSR count). The van der Waals surface area contributed by atoms with Crippen molar-refractivity contribution in [1.82, 2.24) is 14.3 Å². The summed E-state index contributed by atoms with van der Waals surface area (Å²) in [6, 6.07) is -0.706. The Morgan fingerprint density at radius 1 is 1.52 bits per heavy atom. The number of oxime groups is 1. The fraction of sp³-hybridized carbons (Fsp3) is 0.667. The second-order valence-electron chi connectivity index (χ2n) is 5.40. The molecule has 21 heavy (non-hydrogen) atoms. The number of nitrogens with one attached hydrogen (secondary N) is 1. The molecule has 1 unspecified atom stereocenters. The maximum Gasteiger partial charge on any atom is 0.260 e. The number of rotatable bonds is 5. The highest BCUT2D eigenvalue weighted by Crippen LogP contribution is 2.27. The standard InChI is InChI=1S/C12H21N5O3S/c1-17-7-10(14-8-17)21(19,20)16-11(12(13)15-18)9-5-3-2-4-6-9/h7-9,11,16,18H,2-6H2,1H3,(H2,13,15). The van der Waals surface area contributed by atoms with Crippen LogP contribution >= 0.6 is 0 Å². The summed E-state index contributed by atoms with van der Waals surface area (Å²) in [5, 5.41) is 11.8. The van der Waals surface area contributed by atoms with Gasteiger partial charge in [0.2, 0.25) is 0 Å². The van der Waals surface area contributed by atoms with E-state index in [4.69, 9.17) is 10.9 Å². The first kappa shape index (κ1) is 15.8. The lowest BCUT2D eigenvalue weighted by atomic mass is 9.84. The monoisotopic (exact) mass is 315 g/mol. The molecular formula is C12H21N5O3S. The molecule has 1 aromatic rings. The molecule has 1 saturated carbocycles. The van der Waals surface area contributed by atoms with Crippen molar-refractivity contribution in [1.29, 1.82) is 0 Å². The van der Waals surface area contributed by atoms with Crippen LogP contribution in [0.3, 0.4) is 0 Å². The molecule has 0 aliphatic heterocycles. The first-order valence-corrected chi connectivity index (χ1v) is 8.40. The van der Waals surface area contributed by atoms with Crippen molar-refractivity contribution in [2.45, 2.75) is 43.2 Å². The minimum atomic E-state index is -3.80. The molecular weight excluding hydrogens is 294 g/mol. The Kier molecular flexibility index (Phi) is 4.84. The van der Waals surface area contributed by atoms with Crippen LogP contribution < -0.4 is 10.5 Å². The van der Waals surface area contributed by atoms with Gasteiger partial charge in [-0.2, -0.15) is 4.72 Å². The summed E-state index contributed by atoms with van der Waals surface area (Å²) in [4.78, 5) is 3.84. The van der Waals surface area contributed by atoms with Crippen molar-refractivity contribution in [3.05, 3.63) is 12.5 Å². The van der Waals surface area contributed by atoms with Gasteiger partial charge in [0.05, 0.1) is 12.4 Å². The first-order valence-electron chi connectivity index (χ1n) is 6.92. The highest BCUT2D eigenvalue weighted by molar-refractivity contribution is 7.89. The molecule has 4 N–H and O–H groups in total. The molecule has 0 amide bonds. The number of sulfonamides is 1. The topological polar surface area (TPSA) is 123 Å². The van der Waals surface area contributed by atoms with Crippen LogP contribution in [0.5, 0.6) is 0 Å². The summed E-state index contributed by atoms with van der Waals surface area (Å²) in [5.74, 6) is -0.0745. The fourth-order valence-corrected chi connectivity index (χ4v) is 3.94. The number of nitrogens with zero attached hydrogens (tertiary/aromatic N) is 3. The van der Waals surface area contributed by atoms with Crippen LogP contribution in [0, 0.1) is 5.92 Å². The zero-order chi connectivity index (χ0) is 15.5. The fourth-order valence-electron chi connectivity index (χ4n) is 2.68. The predicted molar refractivity (Wildman–Crippen MR) is 77.3 cm³/mol. The summed E-state index contributed by atoms with van der Waals surface area (Å²) >= 11 is 0. The second-order valence-corrected chi connectivity index (χ2v) is 7.06. The van der Waals surface area contributed by atoms with Gasteiger partial charge in [-0.05, 0) is 18.8 Å². The molecule has 0 radical (unpaired) electrons. The molecule has 1 aliphatic carbocycles. The largest absolute Gasteiger partial charge is 0.409 e. The number of aryl methyl sites for hydroxylation is 1. The number of amidine groups is 1. The Morgan fingerprint density at radius 3 is 2.71 bits per heavy atom. The van der Waals surface area contributed by atoms with Gasteiger partial charge in [-0.25, -0.2) is 13.4 Å². The Morgan fingerprint density at radius 2 is 2.19 bits per heavy atom. The van der Waals surface area contributed by atoms with E-state index in [0.717, 1.165) is 32.1 Å². The number of hydrogen-bond acceptors (Lipinski definition) is 5. The summed E-state index contributed by atoms with van der Waals surface area (Å²) in [6.07, 6.45) is 7.69. The van der Waals surface area contributed by atoms with Crippen LogP contribution in [0.4, 0.5) is 0 Å². The van der Waals surface area contributed by atoms with Gasteiger partial charge in [-0.1, -0.05) is 24.4 Å². The van der Waals surface area contributed by atoms with Gasteiger partial charge in [0.25, 0.3) is 10.0 Å². The molecule has 9 heteroatoms. The molecule has 1 fully saturated rings. The van der Waals surface area contributed by atoms with Gasteiger partial charge in [0, 0.05) is 13.2 Å². The van der Waals surface area contributed by atoms with E-state index in [9.17, 15) is 8.42 Å². The van der Waals surface area contributed by atoms with Crippen molar-refractivity contribution in [2.24, 2.45) is 23.9 Å². The van der Waals surface area contributed by atoms with E-state index in [1.54, 1.807) is 11.6 Å². The maximum absolute atomic E-state index is 12.3. The van der Waals surface area contributed by atoms with Crippen molar-refractivity contribution in [3.63, 3.8) is 0 Å². The maximum atomic E-state index is 12.3. The van der Waals surface area contributed by atoms with Gasteiger partial charge in [0.15, 0.2) is 10.9 Å². The zero-order valence-corrected chi connectivity index (χ0v) is 12.8. The smallest absolute Gasteiger partial charge is 0.260 e. The van der Waals surface area contributed by atoms with Crippen molar-refractivity contribution in [3.8, 4) is 0 Å². The van der Waals surface area contributed by atoms with Gasteiger partial charge in [-0.3, -0.25) is 0 Å². The van der Waals surface area contributed by atoms with Crippen LogP contribution in [-0.4, -0.2) is 35.1 Å². The molecule has 0 spiro atoms. The van der Waals surface area contributed by atoms with E-state index in [1.807, 2.05) is 0 Å². The SMILES string of the molecule is Cn1cnc(S(=O)(=O)NC(C(N)=NO)C2CCCCC2)c1. The number of nitrogens with two attached hydrogens (primary N) is 1. The predicted octanol–water partition coefficient (Wildman–Crippen LogP) is 0.394. The molecule has 118 valence electrons. The molecule has 1 aliphatic rings.